The first-order valence-electron chi connectivity index (χ1n) is 23.9. The lowest BCUT2D eigenvalue weighted by Gasteiger charge is -2.34. The molecule has 0 radical (unpaired) electrons. The number of alkyl halides is 12. The molecule has 9 aromatic rings. The van der Waals surface area contributed by atoms with Crippen LogP contribution in [-0.4, -0.2) is 131 Å². The van der Waals surface area contributed by atoms with Crippen LogP contribution in [0.3, 0.4) is 0 Å². The van der Waals surface area contributed by atoms with Crippen molar-refractivity contribution >= 4 is 16.9 Å². The maximum absolute atomic E-state index is 14.3. The number of ether oxygens (including phenoxy) is 6. The molecule has 82 heavy (non-hydrogen) atoms. The topological polar surface area (TPSA) is 223 Å². The molecule has 0 N–H and O–H groups in total. The molecule has 434 valence electrons. The van der Waals surface area contributed by atoms with Crippen LogP contribution in [0.2, 0.25) is 0 Å². The third-order valence-electron chi connectivity index (χ3n) is 11.7. The fraction of sp³-hybridized carbons (Fsp3) is 0.375. The summed E-state index contributed by atoms with van der Waals surface area (Å²) in [6.07, 6.45) is -10.1. The van der Waals surface area contributed by atoms with E-state index < -0.39 is 78.8 Å². The van der Waals surface area contributed by atoms with Gasteiger partial charge >= 0.3 is 24.6 Å². The monoisotopic (exact) mass is 1170 g/mol. The molecule has 0 unspecified atom stereocenters. The molecule has 2 aliphatic rings. The molecular weight excluding hydrogens is 1130 g/mol. The quantitative estimate of drug-likeness (QED) is 0.0821. The zero-order valence-corrected chi connectivity index (χ0v) is 42.6. The lowest BCUT2D eigenvalue weighted by atomic mass is 9.91. The standard InChI is InChI=1S/C16H12F5N5O2.C16H13F4N5O2.C16H15F4N5O2/c17-15(18,19)8-27-13-4-1-9(5-23-13)11-7-26-12(6-22-11)24-25-14(26)16(20,21)28-10-2-3-10;1-26-16(19,20)14-24-23-12-7-21-11(8-25(12)14)9-2-3-13(22-6-9)27-10-4-15(17,18)5-10;1-8-4-12-22-23-13(7-26-3)25(12)24-14(8)10-5-11(17)15(21-6-10)27-9(2)16(18,19)20/h1,4-7,10H,2-3,8H2;2-3,6-8,10H,4-5H2,1H3;4-6,9H,7H2,1-3H3/t;;9-/m..1/s1. The van der Waals surface area contributed by atoms with E-state index >= 15 is 0 Å². The van der Waals surface area contributed by atoms with Gasteiger partial charge in [0.05, 0.1) is 35.6 Å². The minimum atomic E-state index is -4.62. The van der Waals surface area contributed by atoms with Crippen molar-refractivity contribution in [3.63, 3.8) is 0 Å². The molecule has 0 saturated heterocycles. The van der Waals surface area contributed by atoms with Gasteiger partial charge in [-0.25, -0.2) is 28.1 Å². The highest BCUT2D eigenvalue weighted by molar-refractivity contribution is 5.64. The molecule has 0 amide bonds. The van der Waals surface area contributed by atoms with Gasteiger partial charge in [0, 0.05) is 86.9 Å². The lowest BCUT2D eigenvalue weighted by molar-refractivity contribution is -0.261. The van der Waals surface area contributed by atoms with Crippen molar-refractivity contribution in [2.75, 3.05) is 20.8 Å². The predicted octanol–water partition coefficient (Wildman–Crippen LogP) is 9.52. The Labute approximate surface area is 451 Å². The maximum Gasteiger partial charge on any atom is 0.425 e. The summed E-state index contributed by atoms with van der Waals surface area (Å²) in [5, 5.41) is 26.6. The SMILES string of the molecule is COC(F)(F)c1nnc2cnc(-c3ccc(OC4CC(F)(F)C4)nc3)cn12.COCc1nnc2cc(C)c(-c3cnc(O[C@H](C)C(F)(F)F)c(F)c3)nn12.FC(F)(F)COc1ccc(-c2cn3c(C(F)(F)OC4CC4)nnc3cn2)cn1. The molecule has 9 aromatic heterocycles. The van der Waals surface area contributed by atoms with Gasteiger partial charge in [0.2, 0.25) is 23.4 Å². The number of aryl methyl sites for hydroxylation is 1. The van der Waals surface area contributed by atoms with Crippen LogP contribution >= 0.6 is 0 Å². The molecule has 34 heteroatoms. The van der Waals surface area contributed by atoms with Gasteiger partial charge in [-0.15, -0.1) is 30.6 Å². The number of nitrogens with zero attached hydrogens (tertiary/aromatic N) is 15. The third kappa shape index (κ3) is 13.6. The summed E-state index contributed by atoms with van der Waals surface area (Å²) in [5.41, 5.74) is 3.50. The Hall–Kier alpha value is -8.53. The highest BCUT2D eigenvalue weighted by Crippen LogP contribution is 2.40. The summed E-state index contributed by atoms with van der Waals surface area (Å²) in [4.78, 5) is 19.7. The van der Waals surface area contributed by atoms with Crippen LogP contribution in [0, 0.1) is 12.7 Å². The summed E-state index contributed by atoms with van der Waals surface area (Å²) >= 11 is 0. The predicted molar refractivity (Wildman–Crippen MR) is 253 cm³/mol. The minimum Gasteiger partial charge on any atom is -0.474 e. The Kier molecular flexibility index (Phi) is 16.2. The summed E-state index contributed by atoms with van der Waals surface area (Å²) in [6.45, 7) is 1.22. The van der Waals surface area contributed by atoms with E-state index in [1.165, 1.54) is 73.2 Å². The zero-order chi connectivity index (χ0) is 58.9. The molecule has 0 spiro atoms. The van der Waals surface area contributed by atoms with E-state index in [2.05, 4.69) is 74.8 Å². The first-order chi connectivity index (χ1) is 38.7. The van der Waals surface area contributed by atoms with Crippen molar-refractivity contribution in [2.45, 2.75) is 94.9 Å². The first-order valence-corrected chi connectivity index (χ1v) is 23.9. The fourth-order valence-corrected chi connectivity index (χ4v) is 7.42. The summed E-state index contributed by atoms with van der Waals surface area (Å²) in [5.74, 6) is -5.37. The lowest BCUT2D eigenvalue weighted by Crippen LogP contribution is -2.43. The van der Waals surface area contributed by atoms with Crippen molar-refractivity contribution in [2.24, 2.45) is 0 Å². The molecule has 11 rings (SSSR count). The molecule has 2 saturated carbocycles. The van der Waals surface area contributed by atoms with E-state index in [0.29, 0.717) is 52.4 Å². The van der Waals surface area contributed by atoms with Gasteiger partial charge in [0.1, 0.15) is 12.7 Å². The van der Waals surface area contributed by atoms with Gasteiger partial charge in [-0.3, -0.25) is 18.8 Å². The van der Waals surface area contributed by atoms with Crippen molar-refractivity contribution in [1.82, 2.24) is 73.9 Å². The first kappa shape index (κ1) is 58.1. The van der Waals surface area contributed by atoms with E-state index in [-0.39, 0.29) is 53.8 Å². The molecule has 1 atom stereocenters. The Bertz CT molecular complexity index is 3690. The van der Waals surface area contributed by atoms with Gasteiger partial charge in [-0.05, 0) is 56.5 Å². The van der Waals surface area contributed by atoms with Gasteiger partial charge < -0.3 is 28.4 Å². The number of rotatable bonds is 16. The number of hydrogen-bond donors (Lipinski definition) is 0. The fourth-order valence-electron chi connectivity index (χ4n) is 7.42. The van der Waals surface area contributed by atoms with Gasteiger partial charge in [-0.1, -0.05) is 0 Å². The van der Waals surface area contributed by atoms with E-state index in [1.807, 2.05) is 0 Å². The van der Waals surface area contributed by atoms with Crippen LogP contribution in [0.5, 0.6) is 17.6 Å². The Balaban J connectivity index is 0.000000148. The number of hydrogen-bond acceptors (Lipinski definition) is 18. The van der Waals surface area contributed by atoms with Crippen molar-refractivity contribution in [1.29, 1.82) is 0 Å². The van der Waals surface area contributed by atoms with Crippen LogP contribution < -0.4 is 14.2 Å². The average molecular weight is 1170 g/mol. The van der Waals surface area contributed by atoms with Gasteiger partial charge in [0.15, 0.2) is 41.3 Å². The van der Waals surface area contributed by atoms with Crippen LogP contribution in [0.1, 0.15) is 55.6 Å². The van der Waals surface area contributed by atoms with Gasteiger partial charge in [0.25, 0.3) is 11.8 Å². The second-order valence-electron chi connectivity index (χ2n) is 18.1. The van der Waals surface area contributed by atoms with Crippen LogP contribution in [0.15, 0.2) is 79.8 Å². The largest absolute Gasteiger partial charge is 0.474 e. The molecule has 0 aromatic carbocycles. The van der Waals surface area contributed by atoms with Crippen molar-refractivity contribution in [3.05, 3.63) is 109 Å². The van der Waals surface area contributed by atoms with Crippen molar-refractivity contribution in [3.8, 4) is 51.4 Å². The zero-order valence-electron chi connectivity index (χ0n) is 42.6. The second kappa shape index (κ2) is 22.8. The van der Waals surface area contributed by atoms with E-state index in [4.69, 9.17) is 14.2 Å². The number of pyridine rings is 3. The summed E-state index contributed by atoms with van der Waals surface area (Å²) < 4.78 is 202. The Morgan fingerprint density at radius 1 is 0.659 bits per heavy atom. The highest BCUT2D eigenvalue weighted by atomic mass is 19.4. The minimum absolute atomic E-state index is 0.0934. The second-order valence-corrected chi connectivity index (χ2v) is 18.1. The highest BCUT2D eigenvalue weighted by Gasteiger charge is 2.47. The number of methoxy groups -OCH3 is 2. The van der Waals surface area contributed by atoms with Crippen LogP contribution in [0.4, 0.5) is 57.1 Å². The van der Waals surface area contributed by atoms with E-state index in [1.54, 1.807) is 19.1 Å². The molecule has 2 fully saturated rings. The molecular formula is C48H40F13N15O6. The van der Waals surface area contributed by atoms with E-state index in [0.717, 1.165) is 28.9 Å². The van der Waals surface area contributed by atoms with E-state index in [9.17, 15) is 57.1 Å². The number of fused-ring (bicyclic) bond motifs is 3. The van der Waals surface area contributed by atoms with Crippen LogP contribution in [0.25, 0.3) is 50.7 Å². The molecule has 2 aliphatic carbocycles. The molecule has 21 nitrogen and oxygen atoms in total. The summed E-state index contributed by atoms with van der Waals surface area (Å²) in [7, 11) is 2.36. The average Bonchev–Trinajstić information content (AvgIpc) is 4.02. The molecule has 0 bridgehead atoms. The maximum atomic E-state index is 14.3. The smallest absolute Gasteiger partial charge is 0.425 e. The molecule has 0 aliphatic heterocycles. The van der Waals surface area contributed by atoms with Crippen molar-refractivity contribution < 1.29 is 85.5 Å². The normalized spacial score (nSPS) is 15.1. The molecule has 9 heterocycles. The third-order valence-corrected chi connectivity index (χ3v) is 11.7. The van der Waals surface area contributed by atoms with Crippen LogP contribution in [-0.2, 0) is 33.0 Å². The van der Waals surface area contributed by atoms with Gasteiger partial charge in [-0.2, -0.15) is 53.5 Å². The Morgan fingerprint density at radius 3 is 1.74 bits per heavy atom. The number of aromatic nitrogens is 15. The summed E-state index contributed by atoms with van der Waals surface area (Å²) in [6, 6.07) is 8.47. The number of halogens is 13. The Morgan fingerprint density at radius 2 is 1.23 bits per heavy atom.